The molecule has 1 amide bonds. The first-order valence-electron chi connectivity index (χ1n) is 9.44. The number of hydrogen-bond acceptors (Lipinski definition) is 4. The van der Waals surface area contributed by atoms with E-state index in [4.69, 9.17) is 9.47 Å². The number of anilines is 1. The summed E-state index contributed by atoms with van der Waals surface area (Å²) in [6.45, 7) is 3.27. The Kier molecular flexibility index (Phi) is 6.80. The van der Waals surface area contributed by atoms with Crippen LogP contribution in [0.5, 0.6) is 5.75 Å². The van der Waals surface area contributed by atoms with Gasteiger partial charge in [0.15, 0.2) is 18.2 Å². The Morgan fingerprint density at radius 1 is 0.967 bits per heavy atom. The number of nitrogens with one attached hydrogen (secondary N) is 1. The Bertz CT molecular complexity index is 1040. The lowest BCUT2D eigenvalue weighted by Crippen LogP contribution is -2.28. The lowest BCUT2D eigenvalue weighted by Gasteiger charge is -2.19. The van der Waals surface area contributed by atoms with Crippen LogP contribution in [0.15, 0.2) is 72.8 Å². The zero-order chi connectivity index (χ0) is 21.5. The number of carbonyl (C=O) groups is 2. The molecule has 3 aromatic rings. The topological polar surface area (TPSA) is 64.6 Å². The summed E-state index contributed by atoms with van der Waals surface area (Å²) in [5.74, 6) is -1.93. The van der Waals surface area contributed by atoms with Gasteiger partial charge in [-0.15, -0.1) is 0 Å². The highest BCUT2D eigenvalue weighted by Gasteiger charge is 2.26. The number of aryl methyl sites for hydroxylation is 2. The lowest BCUT2D eigenvalue weighted by atomic mass is 10.1. The molecule has 1 atom stereocenters. The van der Waals surface area contributed by atoms with Crippen molar-refractivity contribution in [3.63, 3.8) is 0 Å². The zero-order valence-electron chi connectivity index (χ0n) is 16.7. The van der Waals surface area contributed by atoms with Gasteiger partial charge in [0.05, 0.1) is 0 Å². The highest BCUT2D eigenvalue weighted by Crippen LogP contribution is 2.23. The summed E-state index contributed by atoms with van der Waals surface area (Å²) < 4.78 is 24.3. The Morgan fingerprint density at radius 2 is 1.67 bits per heavy atom. The maximum Gasteiger partial charge on any atom is 0.345 e. The van der Waals surface area contributed by atoms with Crippen LogP contribution in [0, 0.1) is 19.7 Å². The number of para-hydroxylation sites is 1. The number of benzene rings is 3. The van der Waals surface area contributed by atoms with E-state index in [9.17, 15) is 14.0 Å². The molecule has 3 aromatic carbocycles. The minimum Gasteiger partial charge on any atom is -0.479 e. The average molecular weight is 407 g/mol. The summed E-state index contributed by atoms with van der Waals surface area (Å²) in [4.78, 5) is 25.3. The second-order valence-electron chi connectivity index (χ2n) is 6.81. The van der Waals surface area contributed by atoms with E-state index < -0.39 is 30.4 Å². The lowest BCUT2D eigenvalue weighted by molar-refractivity contribution is -0.156. The van der Waals surface area contributed by atoms with E-state index in [-0.39, 0.29) is 5.75 Å². The van der Waals surface area contributed by atoms with Gasteiger partial charge >= 0.3 is 5.97 Å². The number of hydrogen-bond donors (Lipinski definition) is 1. The van der Waals surface area contributed by atoms with E-state index in [0.717, 1.165) is 11.1 Å². The van der Waals surface area contributed by atoms with Crippen molar-refractivity contribution in [1.29, 1.82) is 0 Å². The van der Waals surface area contributed by atoms with Crippen LogP contribution in [0.3, 0.4) is 0 Å². The molecule has 5 nitrogen and oxygen atoms in total. The van der Waals surface area contributed by atoms with Gasteiger partial charge in [0.2, 0.25) is 6.10 Å². The van der Waals surface area contributed by atoms with Crippen LogP contribution in [0.2, 0.25) is 0 Å². The van der Waals surface area contributed by atoms with Gasteiger partial charge in [-0.3, -0.25) is 4.79 Å². The molecule has 154 valence electrons. The Hall–Kier alpha value is -3.67. The number of amides is 1. The van der Waals surface area contributed by atoms with Gasteiger partial charge < -0.3 is 14.8 Å². The molecule has 0 radical (unpaired) electrons. The van der Waals surface area contributed by atoms with Crippen LogP contribution in [-0.2, 0) is 14.3 Å². The van der Waals surface area contributed by atoms with Crippen molar-refractivity contribution >= 4 is 17.6 Å². The van der Waals surface area contributed by atoms with Crippen LogP contribution < -0.4 is 10.1 Å². The molecule has 1 N–H and O–H groups in total. The standard InChI is InChI=1S/C24H22FNO4/c1-16-12-13-17(2)20(14-16)26-24(28)23(18-8-4-3-5-9-18)30-22(27)15-29-21-11-7-6-10-19(21)25/h3-14,23H,15H2,1-2H3,(H,26,28)/t23-/m0/s1. The van der Waals surface area contributed by atoms with Crippen LogP contribution >= 0.6 is 0 Å². The van der Waals surface area contributed by atoms with Gasteiger partial charge in [0, 0.05) is 11.3 Å². The fourth-order valence-electron chi connectivity index (χ4n) is 2.83. The smallest absolute Gasteiger partial charge is 0.345 e. The van der Waals surface area contributed by atoms with E-state index in [1.165, 1.54) is 18.2 Å². The van der Waals surface area contributed by atoms with Crippen LogP contribution in [0.1, 0.15) is 22.8 Å². The fourth-order valence-corrected chi connectivity index (χ4v) is 2.83. The van der Waals surface area contributed by atoms with Crippen molar-refractivity contribution in [3.8, 4) is 5.75 Å². The first-order valence-corrected chi connectivity index (χ1v) is 9.44. The van der Waals surface area contributed by atoms with Crippen LogP contribution in [0.25, 0.3) is 0 Å². The quantitative estimate of drug-likeness (QED) is 0.575. The Morgan fingerprint density at radius 3 is 2.40 bits per heavy atom. The third-order valence-electron chi connectivity index (χ3n) is 4.42. The van der Waals surface area contributed by atoms with Crippen molar-refractivity contribution in [1.82, 2.24) is 0 Å². The molecule has 3 rings (SSSR count). The molecular formula is C24H22FNO4. The normalized spacial score (nSPS) is 11.4. The molecule has 0 aliphatic carbocycles. The largest absolute Gasteiger partial charge is 0.479 e. The minimum atomic E-state index is -1.18. The van der Waals surface area contributed by atoms with Crippen molar-refractivity contribution in [2.45, 2.75) is 20.0 Å². The summed E-state index contributed by atoms with van der Waals surface area (Å²) in [5.41, 5.74) is 3.02. The van der Waals surface area contributed by atoms with Gasteiger partial charge in [0.1, 0.15) is 0 Å². The van der Waals surface area contributed by atoms with Gasteiger partial charge in [-0.1, -0.05) is 54.6 Å². The monoisotopic (exact) mass is 407 g/mol. The maximum absolute atomic E-state index is 13.7. The Balaban J connectivity index is 1.74. The molecule has 0 unspecified atom stereocenters. The average Bonchev–Trinajstić information content (AvgIpc) is 2.74. The van der Waals surface area contributed by atoms with E-state index in [1.807, 2.05) is 32.0 Å². The van der Waals surface area contributed by atoms with Gasteiger partial charge in [-0.2, -0.15) is 0 Å². The molecule has 0 aliphatic heterocycles. The molecule has 6 heteroatoms. The van der Waals surface area contributed by atoms with Crippen LogP contribution in [-0.4, -0.2) is 18.5 Å². The number of ether oxygens (including phenoxy) is 2. The SMILES string of the molecule is Cc1ccc(C)c(NC(=O)[C@@H](OC(=O)COc2ccccc2F)c2ccccc2)c1. The molecule has 0 fully saturated rings. The van der Waals surface area contributed by atoms with Gasteiger partial charge in [0.25, 0.3) is 5.91 Å². The van der Waals surface area contributed by atoms with Crippen molar-refractivity contribution in [3.05, 3.63) is 95.3 Å². The van der Waals surface area contributed by atoms with E-state index in [0.29, 0.717) is 11.3 Å². The number of rotatable bonds is 7. The van der Waals surface area contributed by atoms with Crippen molar-refractivity contribution in [2.75, 3.05) is 11.9 Å². The molecule has 0 saturated carbocycles. The highest BCUT2D eigenvalue weighted by molar-refractivity contribution is 5.96. The summed E-state index contributed by atoms with van der Waals surface area (Å²) >= 11 is 0. The van der Waals surface area contributed by atoms with Gasteiger partial charge in [-0.05, 0) is 43.2 Å². The predicted molar refractivity (Wildman–Crippen MR) is 112 cm³/mol. The second kappa shape index (κ2) is 9.69. The van der Waals surface area contributed by atoms with E-state index >= 15 is 0 Å². The molecule has 0 bridgehead atoms. The summed E-state index contributed by atoms with van der Waals surface area (Å²) in [6.07, 6.45) is -1.18. The molecule has 0 saturated heterocycles. The van der Waals surface area contributed by atoms with Crippen LogP contribution in [0.4, 0.5) is 10.1 Å². The molecule has 0 heterocycles. The maximum atomic E-state index is 13.7. The minimum absolute atomic E-state index is 0.0643. The summed E-state index contributed by atoms with van der Waals surface area (Å²) in [7, 11) is 0. The van der Waals surface area contributed by atoms with Crippen molar-refractivity contribution < 1.29 is 23.5 Å². The zero-order valence-corrected chi connectivity index (χ0v) is 16.7. The number of esters is 1. The second-order valence-corrected chi connectivity index (χ2v) is 6.81. The fraction of sp³-hybridized carbons (Fsp3) is 0.167. The third-order valence-corrected chi connectivity index (χ3v) is 4.42. The predicted octanol–water partition coefficient (Wildman–Crippen LogP) is 4.74. The van der Waals surface area contributed by atoms with Crippen molar-refractivity contribution in [2.24, 2.45) is 0 Å². The van der Waals surface area contributed by atoms with Gasteiger partial charge in [-0.25, -0.2) is 9.18 Å². The summed E-state index contributed by atoms with van der Waals surface area (Å²) in [5, 5.41) is 2.82. The molecular weight excluding hydrogens is 385 g/mol. The van der Waals surface area contributed by atoms with E-state index in [1.54, 1.807) is 36.4 Å². The molecule has 0 aromatic heterocycles. The first-order chi connectivity index (χ1) is 14.4. The first kappa shape index (κ1) is 21.0. The third kappa shape index (κ3) is 5.44. The van der Waals surface area contributed by atoms with E-state index in [2.05, 4.69) is 5.32 Å². The number of halogens is 1. The highest BCUT2D eigenvalue weighted by atomic mass is 19.1. The molecule has 30 heavy (non-hydrogen) atoms. The molecule has 0 aliphatic rings. The number of carbonyl (C=O) groups excluding carboxylic acids is 2. The Labute approximate surface area is 174 Å². The molecule has 0 spiro atoms. The summed E-state index contributed by atoms with van der Waals surface area (Å²) in [6, 6.07) is 20.1.